The van der Waals surface area contributed by atoms with Gasteiger partial charge in [0.25, 0.3) is 5.88 Å². The van der Waals surface area contributed by atoms with E-state index in [1.54, 1.807) is 37.5 Å². The van der Waals surface area contributed by atoms with E-state index in [4.69, 9.17) is 4.74 Å². The molecule has 0 unspecified atom stereocenters. The fraction of sp³-hybridized carbons (Fsp3) is 0.125. The van der Waals surface area contributed by atoms with Gasteiger partial charge in [-0.1, -0.05) is 0 Å². The molecular formula is C16H15FN6O. The summed E-state index contributed by atoms with van der Waals surface area (Å²) in [6, 6.07) is 8.17. The Morgan fingerprint density at radius 2 is 1.96 bits per heavy atom. The van der Waals surface area contributed by atoms with E-state index >= 15 is 0 Å². The second kappa shape index (κ2) is 6.86. The number of aromatic nitrogens is 4. The molecule has 3 rings (SSSR count). The highest BCUT2D eigenvalue weighted by Crippen LogP contribution is 2.30. The summed E-state index contributed by atoms with van der Waals surface area (Å²) in [6.45, 7) is 0. The Bertz CT molecular complexity index is 843. The summed E-state index contributed by atoms with van der Waals surface area (Å²) in [6.07, 6.45) is 3.06. The SMILES string of the molecule is CNc1cc(-c2cc(Nc3ccncn3)c(OC)nn2)ccc1F. The van der Waals surface area contributed by atoms with Gasteiger partial charge in [0.15, 0.2) is 0 Å². The lowest BCUT2D eigenvalue weighted by atomic mass is 10.1. The molecule has 0 spiro atoms. The normalized spacial score (nSPS) is 10.3. The van der Waals surface area contributed by atoms with Gasteiger partial charge in [0, 0.05) is 18.8 Å². The minimum atomic E-state index is -0.331. The molecule has 0 aliphatic rings. The van der Waals surface area contributed by atoms with Gasteiger partial charge in [-0.25, -0.2) is 14.4 Å². The molecule has 0 amide bonds. The molecule has 1 aromatic carbocycles. The molecule has 0 atom stereocenters. The smallest absolute Gasteiger partial charge is 0.257 e. The van der Waals surface area contributed by atoms with Crippen LogP contribution in [0.5, 0.6) is 5.88 Å². The Morgan fingerprint density at radius 1 is 1.08 bits per heavy atom. The Balaban J connectivity index is 2.00. The van der Waals surface area contributed by atoms with Crippen molar-refractivity contribution in [2.24, 2.45) is 0 Å². The zero-order chi connectivity index (χ0) is 16.9. The van der Waals surface area contributed by atoms with E-state index in [1.807, 2.05) is 0 Å². The molecule has 8 heteroatoms. The molecule has 122 valence electrons. The maximum absolute atomic E-state index is 13.6. The second-order valence-corrected chi connectivity index (χ2v) is 4.82. The Labute approximate surface area is 138 Å². The summed E-state index contributed by atoms with van der Waals surface area (Å²) in [5.74, 6) is 0.590. The summed E-state index contributed by atoms with van der Waals surface area (Å²) in [4.78, 5) is 7.97. The summed E-state index contributed by atoms with van der Waals surface area (Å²) in [7, 11) is 3.16. The summed E-state index contributed by atoms with van der Waals surface area (Å²) < 4.78 is 18.8. The third-order valence-electron chi connectivity index (χ3n) is 3.33. The molecular weight excluding hydrogens is 311 g/mol. The highest BCUT2D eigenvalue weighted by atomic mass is 19.1. The zero-order valence-electron chi connectivity index (χ0n) is 13.1. The van der Waals surface area contributed by atoms with Crippen molar-refractivity contribution in [3.05, 3.63) is 48.7 Å². The van der Waals surface area contributed by atoms with E-state index < -0.39 is 0 Å². The molecule has 2 N–H and O–H groups in total. The van der Waals surface area contributed by atoms with Gasteiger partial charge in [-0.15, -0.1) is 10.2 Å². The number of halogens is 1. The number of methoxy groups -OCH3 is 1. The van der Waals surface area contributed by atoms with Crippen LogP contribution in [0.2, 0.25) is 0 Å². The highest BCUT2D eigenvalue weighted by Gasteiger charge is 2.11. The largest absolute Gasteiger partial charge is 0.478 e. The van der Waals surface area contributed by atoms with Crippen LogP contribution in [0.3, 0.4) is 0 Å². The molecule has 0 fully saturated rings. The standard InChI is InChI=1S/C16H15FN6O/c1-18-13-7-10(3-4-11(13)17)12-8-14(16(24-2)23-22-12)21-15-5-6-19-9-20-15/h3-9,18H,1-2H3,(H,19,20,21,22). The number of benzene rings is 1. The van der Waals surface area contributed by atoms with Gasteiger partial charge in [0.1, 0.15) is 23.6 Å². The van der Waals surface area contributed by atoms with Crippen LogP contribution in [-0.2, 0) is 0 Å². The Hall–Kier alpha value is -3.29. The first-order valence-corrected chi connectivity index (χ1v) is 7.13. The molecule has 2 aromatic heterocycles. The average Bonchev–Trinajstić information content (AvgIpc) is 2.63. The van der Waals surface area contributed by atoms with Crippen LogP contribution in [0.4, 0.5) is 21.6 Å². The average molecular weight is 326 g/mol. The highest BCUT2D eigenvalue weighted by molar-refractivity contribution is 5.71. The molecule has 0 aliphatic heterocycles. The van der Waals surface area contributed by atoms with E-state index in [1.165, 1.54) is 19.5 Å². The number of nitrogens with one attached hydrogen (secondary N) is 2. The number of hydrogen-bond donors (Lipinski definition) is 2. The molecule has 3 aromatic rings. The van der Waals surface area contributed by atoms with Crippen LogP contribution in [0.25, 0.3) is 11.3 Å². The molecule has 0 bridgehead atoms. The van der Waals surface area contributed by atoms with Crippen molar-refractivity contribution in [3.63, 3.8) is 0 Å². The molecule has 2 heterocycles. The molecule has 7 nitrogen and oxygen atoms in total. The first kappa shape index (κ1) is 15.6. The molecule has 0 radical (unpaired) electrons. The maximum Gasteiger partial charge on any atom is 0.257 e. The monoisotopic (exact) mass is 326 g/mol. The van der Waals surface area contributed by atoms with E-state index in [2.05, 4.69) is 30.8 Å². The molecule has 0 saturated carbocycles. The van der Waals surface area contributed by atoms with Crippen LogP contribution in [0, 0.1) is 5.82 Å². The summed E-state index contributed by atoms with van der Waals surface area (Å²) in [5.41, 5.74) is 2.28. The van der Waals surface area contributed by atoms with E-state index in [0.717, 1.165) is 5.56 Å². The van der Waals surface area contributed by atoms with Crippen molar-refractivity contribution in [1.82, 2.24) is 20.2 Å². The summed E-state index contributed by atoms with van der Waals surface area (Å²) >= 11 is 0. The lowest BCUT2D eigenvalue weighted by Gasteiger charge is -2.11. The fourth-order valence-electron chi connectivity index (χ4n) is 2.14. The maximum atomic E-state index is 13.6. The summed E-state index contributed by atoms with van der Waals surface area (Å²) in [5, 5.41) is 14.1. The van der Waals surface area contributed by atoms with Crippen molar-refractivity contribution in [1.29, 1.82) is 0 Å². The number of nitrogens with zero attached hydrogens (tertiary/aromatic N) is 4. The van der Waals surface area contributed by atoms with Gasteiger partial charge in [-0.3, -0.25) is 0 Å². The Morgan fingerprint density at radius 3 is 2.67 bits per heavy atom. The number of ether oxygens (including phenoxy) is 1. The first-order chi connectivity index (χ1) is 11.7. The number of rotatable bonds is 5. The lowest BCUT2D eigenvalue weighted by Crippen LogP contribution is -2.01. The van der Waals surface area contributed by atoms with Crippen molar-refractivity contribution in [3.8, 4) is 17.1 Å². The van der Waals surface area contributed by atoms with Gasteiger partial charge in [0.2, 0.25) is 0 Å². The van der Waals surface area contributed by atoms with Crippen LogP contribution in [-0.4, -0.2) is 34.3 Å². The van der Waals surface area contributed by atoms with Crippen molar-refractivity contribution in [2.45, 2.75) is 0 Å². The first-order valence-electron chi connectivity index (χ1n) is 7.13. The third kappa shape index (κ3) is 3.22. The predicted octanol–water partition coefficient (Wildman–Crippen LogP) is 2.87. The molecule has 0 aliphatic carbocycles. The minimum absolute atomic E-state index is 0.327. The van der Waals surface area contributed by atoms with Crippen molar-refractivity contribution in [2.75, 3.05) is 24.8 Å². The second-order valence-electron chi connectivity index (χ2n) is 4.82. The Kier molecular flexibility index (Phi) is 4.46. The molecule has 24 heavy (non-hydrogen) atoms. The zero-order valence-corrected chi connectivity index (χ0v) is 13.1. The van der Waals surface area contributed by atoms with Crippen molar-refractivity contribution >= 4 is 17.2 Å². The van der Waals surface area contributed by atoms with Crippen LogP contribution < -0.4 is 15.4 Å². The van der Waals surface area contributed by atoms with Crippen LogP contribution in [0.1, 0.15) is 0 Å². The topological polar surface area (TPSA) is 84.9 Å². The van der Waals surface area contributed by atoms with Gasteiger partial charge in [-0.05, 0) is 30.3 Å². The number of hydrogen-bond acceptors (Lipinski definition) is 7. The van der Waals surface area contributed by atoms with Crippen LogP contribution in [0.15, 0.2) is 42.9 Å². The van der Waals surface area contributed by atoms with Gasteiger partial charge in [0.05, 0.1) is 18.5 Å². The predicted molar refractivity (Wildman–Crippen MR) is 88.8 cm³/mol. The van der Waals surface area contributed by atoms with E-state index in [-0.39, 0.29) is 5.82 Å². The minimum Gasteiger partial charge on any atom is -0.478 e. The van der Waals surface area contributed by atoms with Gasteiger partial charge >= 0.3 is 0 Å². The lowest BCUT2D eigenvalue weighted by molar-refractivity contribution is 0.394. The van der Waals surface area contributed by atoms with E-state index in [9.17, 15) is 4.39 Å². The van der Waals surface area contributed by atoms with E-state index in [0.29, 0.717) is 28.8 Å². The quantitative estimate of drug-likeness (QED) is 0.745. The van der Waals surface area contributed by atoms with Gasteiger partial charge < -0.3 is 15.4 Å². The van der Waals surface area contributed by atoms with Gasteiger partial charge in [-0.2, -0.15) is 0 Å². The van der Waals surface area contributed by atoms with Crippen LogP contribution >= 0.6 is 0 Å². The van der Waals surface area contributed by atoms with Crippen molar-refractivity contribution < 1.29 is 9.13 Å². The molecule has 0 saturated heterocycles. The fourth-order valence-corrected chi connectivity index (χ4v) is 2.14. The third-order valence-corrected chi connectivity index (χ3v) is 3.33. The number of anilines is 3.